The highest BCUT2D eigenvalue weighted by atomic mass is 32.1. The average molecular weight is 133 g/mol. The van der Waals surface area contributed by atoms with Crippen molar-refractivity contribution in [3.05, 3.63) is 0 Å². The number of hydrogen-bond donors (Lipinski definition) is 2. The van der Waals surface area contributed by atoms with E-state index >= 15 is 0 Å². The monoisotopic (exact) mass is 133 g/mol. The van der Waals surface area contributed by atoms with Crippen LogP contribution in [0.5, 0.6) is 0 Å². The summed E-state index contributed by atoms with van der Waals surface area (Å²) in [5, 5.41) is 16.4. The van der Waals surface area contributed by atoms with E-state index in [1.165, 1.54) is 0 Å². The Kier molecular flexibility index (Phi) is 9.11. The van der Waals surface area contributed by atoms with Crippen LogP contribution in [0.15, 0.2) is 0 Å². The van der Waals surface area contributed by atoms with Crippen LogP contribution in [0.4, 0.5) is 0 Å². The number of hydrogen-bond acceptors (Lipinski definition) is 3. The fourth-order valence-corrected chi connectivity index (χ4v) is 0.431. The molecule has 0 rings (SSSR count). The Labute approximate surface area is 55.5 Å². The SMILES string of the molecule is C.N#CC(O)CCS. The number of nitriles is 1. The molecule has 0 saturated heterocycles. The summed E-state index contributed by atoms with van der Waals surface area (Å²) in [5.74, 6) is 0.564. The number of aliphatic hydroxyl groups is 1. The normalized spacial score (nSPS) is 11.1. The van der Waals surface area contributed by atoms with Crippen molar-refractivity contribution in [2.75, 3.05) is 5.75 Å². The van der Waals surface area contributed by atoms with Gasteiger partial charge in [0, 0.05) is 0 Å². The third-order valence-corrected chi connectivity index (χ3v) is 0.810. The van der Waals surface area contributed by atoms with E-state index in [1.54, 1.807) is 6.07 Å². The van der Waals surface area contributed by atoms with E-state index in [0.29, 0.717) is 12.2 Å². The maximum atomic E-state index is 8.45. The van der Waals surface area contributed by atoms with Gasteiger partial charge in [0.1, 0.15) is 6.10 Å². The molecular weight excluding hydrogens is 122 g/mol. The molecule has 2 nitrogen and oxygen atoms in total. The van der Waals surface area contributed by atoms with Crippen molar-refractivity contribution >= 4 is 12.6 Å². The maximum absolute atomic E-state index is 8.45. The van der Waals surface area contributed by atoms with Gasteiger partial charge in [-0.05, 0) is 12.2 Å². The number of rotatable bonds is 2. The molecule has 0 amide bonds. The number of nitrogens with zero attached hydrogens (tertiary/aromatic N) is 1. The minimum absolute atomic E-state index is 0. The van der Waals surface area contributed by atoms with E-state index in [9.17, 15) is 0 Å². The second-order valence-corrected chi connectivity index (χ2v) is 1.60. The van der Waals surface area contributed by atoms with Crippen molar-refractivity contribution in [3.8, 4) is 6.07 Å². The predicted octanol–water partition coefficient (Wildman–Crippen LogP) is 0.827. The van der Waals surface area contributed by atoms with Crippen molar-refractivity contribution in [1.29, 1.82) is 5.26 Å². The lowest BCUT2D eigenvalue weighted by molar-refractivity contribution is 0.227. The Morgan fingerprint density at radius 1 is 1.75 bits per heavy atom. The van der Waals surface area contributed by atoms with Gasteiger partial charge in [-0.15, -0.1) is 0 Å². The molecule has 0 bridgehead atoms. The molecule has 0 fully saturated rings. The highest BCUT2D eigenvalue weighted by Crippen LogP contribution is 1.89. The highest BCUT2D eigenvalue weighted by molar-refractivity contribution is 7.80. The van der Waals surface area contributed by atoms with Gasteiger partial charge in [0.25, 0.3) is 0 Å². The quantitative estimate of drug-likeness (QED) is 0.433. The zero-order chi connectivity index (χ0) is 5.70. The zero-order valence-corrected chi connectivity index (χ0v) is 4.73. The van der Waals surface area contributed by atoms with Crippen LogP contribution in [0.2, 0.25) is 0 Å². The molecule has 0 spiro atoms. The van der Waals surface area contributed by atoms with Crippen LogP contribution in [0, 0.1) is 11.3 Å². The van der Waals surface area contributed by atoms with E-state index in [1.807, 2.05) is 0 Å². The summed E-state index contributed by atoms with van der Waals surface area (Å²) in [6.45, 7) is 0. The molecule has 1 atom stereocenters. The molecular formula is C5H11NOS. The second kappa shape index (κ2) is 6.80. The van der Waals surface area contributed by atoms with Crippen LogP contribution >= 0.6 is 12.6 Å². The lowest BCUT2D eigenvalue weighted by Gasteiger charge is -1.92. The van der Waals surface area contributed by atoms with Crippen molar-refractivity contribution in [2.24, 2.45) is 0 Å². The largest absolute Gasteiger partial charge is 0.378 e. The smallest absolute Gasteiger partial charge is 0.141 e. The molecule has 0 radical (unpaired) electrons. The van der Waals surface area contributed by atoms with Crippen LogP contribution in [-0.2, 0) is 0 Å². The zero-order valence-electron chi connectivity index (χ0n) is 3.83. The molecule has 0 aromatic heterocycles. The van der Waals surface area contributed by atoms with Gasteiger partial charge in [-0.1, -0.05) is 7.43 Å². The van der Waals surface area contributed by atoms with Crippen molar-refractivity contribution in [2.45, 2.75) is 20.0 Å². The Bertz CT molecular complexity index is 79.0. The molecule has 0 aliphatic rings. The first kappa shape index (κ1) is 10.7. The third-order valence-electron chi connectivity index (χ3n) is 0.552. The molecule has 0 aromatic rings. The fourth-order valence-electron chi connectivity index (χ4n) is 0.187. The molecule has 0 aliphatic heterocycles. The Hall–Kier alpha value is -0.200. The highest BCUT2D eigenvalue weighted by Gasteiger charge is 1.95. The van der Waals surface area contributed by atoms with E-state index in [2.05, 4.69) is 12.6 Å². The topological polar surface area (TPSA) is 44.0 Å². The first-order chi connectivity index (χ1) is 3.31. The summed E-state index contributed by atoms with van der Waals surface area (Å²) in [7, 11) is 0. The summed E-state index contributed by atoms with van der Waals surface area (Å²) in [6, 6.07) is 1.67. The third kappa shape index (κ3) is 5.80. The first-order valence-electron chi connectivity index (χ1n) is 1.99. The van der Waals surface area contributed by atoms with Crippen LogP contribution < -0.4 is 0 Å². The summed E-state index contributed by atoms with van der Waals surface area (Å²) >= 11 is 3.80. The molecule has 8 heavy (non-hydrogen) atoms. The first-order valence-corrected chi connectivity index (χ1v) is 2.63. The van der Waals surface area contributed by atoms with Crippen LogP contribution in [0.3, 0.4) is 0 Å². The molecule has 0 saturated carbocycles. The van der Waals surface area contributed by atoms with Gasteiger partial charge in [0.15, 0.2) is 0 Å². The van der Waals surface area contributed by atoms with Gasteiger partial charge in [-0.2, -0.15) is 17.9 Å². The van der Waals surface area contributed by atoms with Crippen molar-refractivity contribution in [3.63, 3.8) is 0 Å². The standard InChI is InChI=1S/C4H7NOS.CH4/c5-3-4(6)1-2-7;/h4,6-7H,1-2H2;1H4. The van der Waals surface area contributed by atoms with Gasteiger partial charge in [-0.25, -0.2) is 0 Å². The van der Waals surface area contributed by atoms with Gasteiger partial charge < -0.3 is 5.11 Å². The summed E-state index contributed by atoms with van der Waals surface area (Å²) < 4.78 is 0. The van der Waals surface area contributed by atoms with E-state index < -0.39 is 6.10 Å². The fraction of sp³-hybridized carbons (Fsp3) is 0.800. The summed E-state index contributed by atoms with van der Waals surface area (Å²) in [4.78, 5) is 0. The number of thiol groups is 1. The second-order valence-electron chi connectivity index (χ2n) is 1.16. The minimum Gasteiger partial charge on any atom is -0.378 e. The van der Waals surface area contributed by atoms with Gasteiger partial charge >= 0.3 is 0 Å². The Morgan fingerprint density at radius 2 is 2.25 bits per heavy atom. The molecule has 0 aliphatic carbocycles. The van der Waals surface area contributed by atoms with Gasteiger partial charge in [-0.3, -0.25) is 0 Å². The minimum atomic E-state index is -0.822. The van der Waals surface area contributed by atoms with Crippen molar-refractivity contribution in [1.82, 2.24) is 0 Å². The van der Waals surface area contributed by atoms with Gasteiger partial charge in [0.05, 0.1) is 6.07 Å². The van der Waals surface area contributed by atoms with Crippen molar-refractivity contribution < 1.29 is 5.11 Å². The summed E-state index contributed by atoms with van der Waals surface area (Å²) in [5.41, 5.74) is 0. The lowest BCUT2D eigenvalue weighted by Crippen LogP contribution is -2.01. The molecule has 3 heteroatoms. The lowest BCUT2D eigenvalue weighted by atomic mass is 10.3. The van der Waals surface area contributed by atoms with Gasteiger partial charge in [0.2, 0.25) is 0 Å². The molecule has 1 unspecified atom stereocenters. The van der Waals surface area contributed by atoms with E-state index in [0.717, 1.165) is 0 Å². The summed E-state index contributed by atoms with van der Waals surface area (Å²) in [6.07, 6.45) is -0.364. The predicted molar refractivity (Wildman–Crippen MR) is 36.8 cm³/mol. The maximum Gasteiger partial charge on any atom is 0.141 e. The average Bonchev–Trinajstić information content (AvgIpc) is 1.68. The molecule has 1 N–H and O–H groups in total. The van der Waals surface area contributed by atoms with E-state index in [4.69, 9.17) is 10.4 Å². The molecule has 0 aromatic carbocycles. The number of aliphatic hydroxyl groups excluding tert-OH is 1. The Balaban J connectivity index is 0. The van der Waals surface area contributed by atoms with Crippen LogP contribution in [-0.4, -0.2) is 17.0 Å². The van der Waals surface area contributed by atoms with E-state index in [-0.39, 0.29) is 7.43 Å². The molecule has 0 heterocycles. The van der Waals surface area contributed by atoms with Crippen LogP contribution in [0.1, 0.15) is 13.8 Å². The van der Waals surface area contributed by atoms with Crippen LogP contribution in [0.25, 0.3) is 0 Å². The Morgan fingerprint density at radius 3 is 2.38 bits per heavy atom. The molecule has 48 valence electrons.